The molecular formula is C15H23NO. The minimum atomic E-state index is -0.122. The summed E-state index contributed by atoms with van der Waals surface area (Å²) in [6.45, 7) is 12.4. The van der Waals surface area contributed by atoms with E-state index in [4.69, 9.17) is 5.41 Å². The monoisotopic (exact) mass is 233 g/mol. The van der Waals surface area contributed by atoms with Gasteiger partial charge in [-0.15, -0.1) is 0 Å². The molecule has 0 fully saturated rings. The van der Waals surface area contributed by atoms with Gasteiger partial charge in [-0.3, -0.25) is 0 Å². The van der Waals surface area contributed by atoms with Crippen molar-refractivity contribution < 1.29 is 5.11 Å². The van der Waals surface area contributed by atoms with Gasteiger partial charge in [0.25, 0.3) is 0 Å². The van der Waals surface area contributed by atoms with Crippen LogP contribution in [0.15, 0.2) is 12.1 Å². The molecule has 0 saturated heterocycles. The highest BCUT2D eigenvalue weighted by atomic mass is 16.3. The Morgan fingerprint density at radius 2 is 1.29 bits per heavy atom. The minimum Gasteiger partial charge on any atom is -0.507 e. The van der Waals surface area contributed by atoms with E-state index < -0.39 is 0 Å². The molecule has 0 bridgehead atoms. The number of aromatic hydroxyl groups is 1. The SMILES string of the molecule is CC(C)(C)c1cc(C=N)cc(C(C)(C)C)c1O. The molecule has 1 aromatic carbocycles. The molecule has 0 atom stereocenters. The number of hydrogen-bond acceptors (Lipinski definition) is 2. The maximum atomic E-state index is 10.4. The van der Waals surface area contributed by atoms with E-state index in [9.17, 15) is 5.11 Å². The van der Waals surface area contributed by atoms with Gasteiger partial charge in [-0.1, -0.05) is 41.5 Å². The van der Waals surface area contributed by atoms with Crippen molar-refractivity contribution in [1.82, 2.24) is 0 Å². The lowest BCUT2D eigenvalue weighted by Gasteiger charge is -2.27. The van der Waals surface area contributed by atoms with Crippen molar-refractivity contribution in [3.05, 3.63) is 28.8 Å². The van der Waals surface area contributed by atoms with E-state index in [1.807, 2.05) is 12.1 Å². The van der Waals surface area contributed by atoms with Gasteiger partial charge in [-0.05, 0) is 28.5 Å². The Hall–Kier alpha value is -1.31. The van der Waals surface area contributed by atoms with Gasteiger partial charge in [0.1, 0.15) is 5.75 Å². The zero-order chi connectivity index (χ0) is 13.4. The maximum absolute atomic E-state index is 10.4. The van der Waals surface area contributed by atoms with Gasteiger partial charge < -0.3 is 10.5 Å². The highest BCUT2D eigenvalue weighted by Crippen LogP contribution is 2.39. The normalized spacial score (nSPS) is 12.6. The van der Waals surface area contributed by atoms with Gasteiger partial charge >= 0.3 is 0 Å². The molecule has 0 radical (unpaired) electrons. The van der Waals surface area contributed by atoms with E-state index in [0.29, 0.717) is 5.75 Å². The van der Waals surface area contributed by atoms with Crippen LogP contribution >= 0.6 is 0 Å². The third-order valence-corrected chi connectivity index (χ3v) is 2.91. The molecular weight excluding hydrogens is 210 g/mol. The van der Waals surface area contributed by atoms with Crippen LogP contribution in [0.25, 0.3) is 0 Å². The maximum Gasteiger partial charge on any atom is 0.123 e. The third-order valence-electron chi connectivity index (χ3n) is 2.91. The van der Waals surface area contributed by atoms with Gasteiger partial charge in [0.15, 0.2) is 0 Å². The van der Waals surface area contributed by atoms with Crippen LogP contribution < -0.4 is 0 Å². The highest BCUT2D eigenvalue weighted by Gasteiger charge is 2.26. The Morgan fingerprint density at radius 3 is 1.53 bits per heavy atom. The van der Waals surface area contributed by atoms with E-state index in [1.165, 1.54) is 6.21 Å². The van der Waals surface area contributed by atoms with Crippen LogP contribution in [-0.4, -0.2) is 11.3 Å². The van der Waals surface area contributed by atoms with E-state index in [0.717, 1.165) is 16.7 Å². The van der Waals surface area contributed by atoms with Crippen LogP contribution in [-0.2, 0) is 10.8 Å². The Kier molecular flexibility index (Phi) is 3.37. The second kappa shape index (κ2) is 4.17. The summed E-state index contributed by atoms with van der Waals surface area (Å²) in [6, 6.07) is 3.80. The van der Waals surface area contributed by atoms with Gasteiger partial charge in [0, 0.05) is 17.3 Å². The fourth-order valence-electron chi connectivity index (χ4n) is 1.88. The van der Waals surface area contributed by atoms with E-state index in [1.54, 1.807) is 0 Å². The molecule has 0 amide bonds. The molecule has 1 rings (SSSR count). The van der Waals surface area contributed by atoms with Crippen molar-refractivity contribution in [2.45, 2.75) is 52.4 Å². The van der Waals surface area contributed by atoms with Crippen LogP contribution in [0.1, 0.15) is 58.2 Å². The quantitative estimate of drug-likeness (QED) is 0.708. The fraction of sp³-hybridized carbons (Fsp3) is 0.533. The molecule has 0 aliphatic carbocycles. The molecule has 0 aromatic heterocycles. The molecule has 0 aliphatic rings. The Labute approximate surface area is 104 Å². The van der Waals surface area contributed by atoms with Crippen molar-refractivity contribution in [3.8, 4) is 5.75 Å². The summed E-state index contributed by atoms with van der Waals surface area (Å²) >= 11 is 0. The lowest BCUT2D eigenvalue weighted by Crippen LogP contribution is -2.17. The molecule has 1 aromatic rings. The number of benzene rings is 1. The smallest absolute Gasteiger partial charge is 0.123 e. The Balaban J connectivity index is 3.59. The average molecular weight is 233 g/mol. The summed E-state index contributed by atoms with van der Waals surface area (Å²) in [5.74, 6) is 0.371. The zero-order valence-electron chi connectivity index (χ0n) is 11.7. The first kappa shape index (κ1) is 13.8. The van der Waals surface area contributed by atoms with Gasteiger partial charge in [0.05, 0.1) is 0 Å². The van der Waals surface area contributed by atoms with Crippen molar-refractivity contribution in [2.24, 2.45) is 0 Å². The number of rotatable bonds is 1. The van der Waals surface area contributed by atoms with E-state index in [-0.39, 0.29) is 10.8 Å². The van der Waals surface area contributed by atoms with Gasteiger partial charge in [0.2, 0.25) is 0 Å². The molecule has 94 valence electrons. The lowest BCUT2D eigenvalue weighted by molar-refractivity contribution is 0.423. The highest BCUT2D eigenvalue weighted by molar-refractivity contribution is 5.79. The largest absolute Gasteiger partial charge is 0.507 e. The van der Waals surface area contributed by atoms with Crippen LogP contribution in [0, 0.1) is 5.41 Å². The van der Waals surface area contributed by atoms with Crippen LogP contribution in [0.2, 0.25) is 0 Å². The average Bonchev–Trinajstić information content (AvgIpc) is 2.14. The topological polar surface area (TPSA) is 44.1 Å². The first-order valence-electron chi connectivity index (χ1n) is 5.96. The van der Waals surface area contributed by atoms with Crippen LogP contribution in [0.3, 0.4) is 0 Å². The molecule has 2 nitrogen and oxygen atoms in total. The molecule has 0 aliphatic heterocycles. The number of phenols is 1. The van der Waals surface area contributed by atoms with Crippen LogP contribution in [0.5, 0.6) is 5.75 Å². The second-order valence-corrected chi connectivity index (χ2v) is 6.61. The molecule has 0 heterocycles. The first-order valence-corrected chi connectivity index (χ1v) is 5.96. The van der Waals surface area contributed by atoms with Crippen LogP contribution in [0.4, 0.5) is 0 Å². The molecule has 2 heteroatoms. The Morgan fingerprint density at radius 1 is 0.941 bits per heavy atom. The van der Waals surface area contributed by atoms with Crippen molar-refractivity contribution in [1.29, 1.82) is 5.41 Å². The minimum absolute atomic E-state index is 0.122. The number of phenolic OH excluding ortho intramolecular Hbond substituents is 1. The van der Waals surface area contributed by atoms with Crippen molar-refractivity contribution >= 4 is 6.21 Å². The summed E-state index contributed by atoms with van der Waals surface area (Å²) in [5.41, 5.74) is 2.41. The summed E-state index contributed by atoms with van der Waals surface area (Å²) in [5, 5.41) is 17.8. The Bertz CT molecular complexity index is 398. The summed E-state index contributed by atoms with van der Waals surface area (Å²) in [4.78, 5) is 0. The molecule has 0 spiro atoms. The standard InChI is InChI=1S/C15H23NO/c1-14(2,3)11-7-10(9-16)8-12(13(11)17)15(4,5)6/h7-9,16-17H,1-6H3. The third kappa shape index (κ3) is 2.87. The first-order chi connectivity index (χ1) is 7.57. The second-order valence-electron chi connectivity index (χ2n) is 6.61. The summed E-state index contributed by atoms with van der Waals surface area (Å²) in [6.07, 6.45) is 1.34. The lowest BCUT2D eigenvalue weighted by atomic mass is 9.78. The molecule has 17 heavy (non-hydrogen) atoms. The van der Waals surface area contributed by atoms with E-state index in [2.05, 4.69) is 41.5 Å². The zero-order valence-corrected chi connectivity index (χ0v) is 11.7. The van der Waals surface area contributed by atoms with Gasteiger partial charge in [-0.2, -0.15) is 0 Å². The summed E-state index contributed by atoms with van der Waals surface area (Å²) < 4.78 is 0. The van der Waals surface area contributed by atoms with E-state index >= 15 is 0 Å². The van der Waals surface area contributed by atoms with Crippen molar-refractivity contribution in [2.75, 3.05) is 0 Å². The van der Waals surface area contributed by atoms with Gasteiger partial charge in [-0.25, -0.2) is 0 Å². The molecule has 2 N–H and O–H groups in total. The molecule has 0 unspecified atom stereocenters. The predicted octanol–water partition coefficient (Wildman–Crippen LogP) is 3.98. The fourth-order valence-corrected chi connectivity index (χ4v) is 1.88. The number of hydrogen-bond donors (Lipinski definition) is 2. The summed E-state index contributed by atoms with van der Waals surface area (Å²) in [7, 11) is 0. The van der Waals surface area contributed by atoms with Crippen molar-refractivity contribution in [3.63, 3.8) is 0 Å². The predicted molar refractivity (Wildman–Crippen MR) is 73.4 cm³/mol. The number of nitrogens with one attached hydrogen (secondary N) is 1. The molecule has 0 saturated carbocycles.